The van der Waals surface area contributed by atoms with Crippen molar-refractivity contribution in [3.63, 3.8) is 0 Å². The summed E-state index contributed by atoms with van der Waals surface area (Å²) in [4.78, 5) is 49.2. The van der Waals surface area contributed by atoms with Gasteiger partial charge < -0.3 is 14.9 Å². The predicted octanol–water partition coefficient (Wildman–Crippen LogP) is 4.26. The number of carbonyl (C=O) groups excluding carboxylic acids is 3. The summed E-state index contributed by atoms with van der Waals surface area (Å²) in [5, 5.41) is 8.92. The van der Waals surface area contributed by atoms with Crippen molar-refractivity contribution in [3.05, 3.63) is 0 Å². The molecule has 2 aliphatic rings. The van der Waals surface area contributed by atoms with Gasteiger partial charge in [0.25, 0.3) is 0 Å². The molecule has 0 aromatic rings. The van der Waals surface area contributed by atoms with E-state index < -0.39 is 5.97 Å². The quantitative estimate of drug-likeness (QED) is 0.460. The van der Waals surface area contributed by atoms with Crippen molar-refractivity contribution in [2.75, 3.05) is 29.7 Å². The molecule has 1 aliphatic carbocycles. The lowest BCUT2D eigenvalue weighted by atomic mass is 10.1. The number of hydrogen-bond donors (Lipinski definition) is 2. The second-order valence-corrected chi connectivity index (χ2v) is 10.8. The molecule has 3 atom stereocenters. The maximum atomic E-state index is 12.3. The zero-order valence-electron chi connectivity index (χ0n) is 20.9. The summed E-state index contributed by atoms with van der Waals surface area (Å²) in [6.07, 6.45) is 3.85. The molecule has 2 amide bonds. The normalized spacial score (nSPS) is 19.5. The minimum atomic E-state index is -0.980. The minimum absolute atomic E-state index is 0.0229. The first-order chi connectivity index (χ1) is 15.6. The molecule has 1 saturated carbocycles. The first kappa shape index (κ1) is 32.1. The molecular weight excluding hydrogens is 480 g/mol. The van der Waals surface area contributed by atoms with Crippen LogP contribution in [0.3, 0.4) is 0 Å². The van der Waals surface area contributed by atoms with Crippen molar-refractivity contribution in [1.82, 2.24) is 9.80 Å². The number of thioether (sulfide) groups is 2. The van der Waals surface area contributed by atoms with Gasteiger partial charge in [-0.3, -0.25) is 19.2 Å². The summed E-state index contributed by atoms with van der Waals surface area (Å²) in [6, 6.07) is 0.457. The van der Waals surface area contributed by atoms with Crippen molar-refractivity contribution < 1.29 is 24.3 Å². The number of nitrogens with zero attached hydrogens (tertiary/aromatic N) is 2. The van der Waals surface area contributed by atoms with Crippen LogP contribution in [0.25, 0.3) is 0 Å². The molecule has 1 aliphatic heterocycles. The number of carboxylic acids is 1. The largest absolute Gasteiger partial charge is 0.480 e. The van der Waals surface area contributed by atoms with Crippen molar-refractivity contribution in [2.24, 2.45) is 11.8 Å². The molecule has 1 heterocycles. The molecule has 0 spiro atoms. The van der Waals surface area contributed by atoms with Crippen LogP contribution in [0, 0.1) is 11.8 Å². The van der Waals surface area contributed by atoms with Gasteiger partial charge in [-0.25, -0.2) is 0 Å². The Hall–Kier alpha value is -0.870. The third kappa shape index (κ3) is 11.9. The van der Waals surface area contributed by atoms with Crippen LogP contribution >= 0.6 is 36.2 Å². The summed E-state index contributed by atoms with van der Waals surface area (Å²) >= 11 is 7.06. The number of amides is 2. The fourth-order valence-electron chi connectivity index (χ4n) is 3.53. The monoisotopic (exact) mass is 522 g/mol. The molecular formula is C23H42N2O5S3. The highest BCUT2D eigenvalue weighted by Gasteiger charge is 2.31. The summed E-state index contributed by atoms with van der Waals surface area (Å²) < 4.78 is 0. The molecule has 0 aromatic carbocycles. The molecule has 3 unspecified atom stereocenters. The molecule has 0 bridgehead atoms. The van der Waals surface area contributed by atoms with Gasteiger partial charge in [-0.1, -0.05) is 52.3 Å². The molecule has 0 aromatic heterocycles. The van der Waals surface area contributed by atoms with Gasteiger partial charge in [0.1, 0.15) is 6.54 Å². The highest BCUT2D eigenvalue weighted by Crippen LogP contribution is 2.25. The maximum Gasteiger partial charge on any atom is 0.323 e. The Kier molecular flexibility index (Phi) is 17.1. The second-order valence-electron chi connectivity index (χ2n) is 8.24. The van der Waals surface area contributed by atoms with Crippen LogP contribution in [0.2, 0.25) is 0 Å². The van der Waals surface area contributed by atoms with E-state index in [4.69, 9.17) is 5.11 Å². The molecule has 7 nitrogen and oxygen atoms in total. The molecule has 192 valence electrons. The van der Waals surface area contributed by atoms with Crippen molar-refractivity contribution in [2.45, 2.75) is 79.3 Å². The van der Waals surface area contributed by atoms with E-state index in [9.17, 15) is 19.2 Å². The number of rotatable bonds is 8. The van der Waals surface area contributed by atoms with E-state index in [-0.39, 0.29) is 41.4 Å². The first-order valence-electron chi connectivity index (χ1n) is 11.7. The Morgan fingerprint density at radius 3 is 2.15 bits per heavy atom. The van der Waals surface area contributed by atoms with Crippen LogP contribution in [0.1, 0.15) is 67.2 Å². The standard InChI is InChI=1S/C13H21NO4S.C8H15NOS2.C2H6/c1-9(8-19-10(2)15)13(18)14(7-12(16)17)11-5-3-4-6-11;1-6(3-11)8(10)9-5-12-4-7(9)2;1-2/h9,11H,3-8H2,1-2H3,(H,16,17);6-7,11H,3-5H2,1-2H3;1-2H3. The average molecular weight is 523 g/mol. The van der Waals surface area contributed by atoms with Crippen LogP contribution in [0.4, 0.5) is 0 Å². The topological polar surface area (TPSA) is 95.0 Å². The predicted molar refractivity (Wildman–Crippen MR) is 142 cm³/mol. The van der Waals surface area contributed by atoms with Gasteiger partial charge in [-0.15, -0.1) is 11.8 Å². The highest BCUT2D eigenvalue weighted by atomic mass is 32.2. The van der Waals surface area contributed by atoms with Gasteiger partial charge >= 0.3 is 5.97 Å². The van der Waals surface area contributed by atoms with Gasteiger partial charge in [0, 0.05) is 48.1 Å². The molecule has 2 rings (SSSR count). The Balaban J connectivity index is 0.000000627. The molecule has 33 heavy (non-hydrogen) atoms. The Morgan fingerprint density at radius 2 is 1.73 bits per heavy atom. The van der Waals surface area contributed by atoms with Crippen LogP contribution in [0.5, 0.6) is 0 Å². The number of thiol groups is 1. The Labute approximate surface area is 213 Å². The van der Waals surface area contributed by atoms with Gasteiger partial charge in [0.2, 0.25) is 11.8 Å². The van der Waals surface area contributed by atoms with E-state index in [1.807, 2.05) is 37.4 Å². The van der Waals surface area contributed by atoms with Gasteiger partial charge in [0.05, 0.1) is 5.88 Å². The first-order valence-corrected chi connectivity index (χ1v) is 14.5. The zero-order valence-corrected chi connectivity index (χ0v) is 23.4. The third-order valence-corrected chi connectivity index (χ3v) is 8.21. The molecule has 0 radical (unpaired) electrons. The molecule has 1 saturated heterocycles. The van der Waals surface area contributed by atoms with E-state index in [2.05, 4.69) is 19.6 Å². The Morgan fingerprint density at radius 1 is 1.15 bits per heavy atom. The smallest absolute Gasteiger partial charge is 0.323 e. The minimum Gasteiger partial charge on any atom is -0.480 e. The number of carboxylic acid groups (broad SMARTS) is 1. The maximum absolute atomic E-state index is 12.3. The van der Waals surface area contributed by atoms with Crippen LogP contribution < -0.4 is 0 Å². The summed E-state index contributed by atoms with van der Waals surface area (Å²) in [6.45, 7) is 11.0. The van der Waals surface area contributed by atoms with E-state index in [0.717, 1.165) is 49.1 Å². The number of carbonyl (C=O) groups is 4. The van der Waals surface area contributed by atoms with E-state index in [0.29, 0.717) is 17.5 Å². The van der Waals surface area contributed by atoms with Gasteiger partial charge in [-0.2, -0.15) is 12.6 Å². The lowest BCUT2D eigenvalue weighted by Crippen LogP contribution is -2.45. The second kappa shape index (κ2) is 17.5. The van der Waals surface area contributed by atoms with Crippen molar-refractivity contribution in [1.29, 1.82) is 0 Å². The molecule has 2 fully saturated rings. The van der Waals surface area contributed by atoms with Gasteiger partial charge in [0.15, 0.2) is 5.12 Å². The number of hydrogen-bond acceptors (Lipinski definition) is 7. The lowest BCUT2D eigenvalue weighted by Gasteiger charge is -2.29. The molecule has 10 heteroatoms. The highest BCUT2D eigenvalue weighted by molar-refractivity contribution is 8.13. The summed E-state index contributed by atoms with van der Waals surface area (Å²) in [7, 11) is 0. The summed E-state index contributed by atoms with van der Waals surface area (Å²) in [5.74, 6) is 1.85. The molecule has 1 N–H and O–H groups in total. The fourth-order valence-corrected chi connectivity index (χ4v) is 5.51. The van der Waals surface area contributed by atoms with Crippen molar-refractivity contribution >= 4 is 59.1 Å². The van der Waals surface area contributed by atoms with Crippen LogP contribution in [0.15, 0.2) is 0 Å². The lowest BCUT2D eigenvalue weighted by molar-refractivity contribution is -0.147. The average Bonchev–Trinajstić information content (AvgIpc) is 3.47. The zero-order chi connectivity index (χ0) is 25.6. The van der Waals surface area contributed by atoms with Crippen LogP contribution in [-0.4, -0.2) is 79.6 Å². The van der Waals surface area contributed by atoms with E-state index in [1.165, 1.54) is 11.8 Å². The summed E-state index contributed by atoms with van der Waals surface area (Å²) in [5.41, 5.74) is 0. The SMILES string of the molecule is CC.CC(=O)SCC(C)C(=O)N(CC(=O)O)C1CCCC1.CC(CS)C(=O)N1CSCC1C. The Bertz CT molecular complexity index is 629. The van der Waals surface area contributed by atoms with E-state index >= 15 is 0 Å². The van der Waals surface area contributed by atoms with E-state index in [1.54, 1.807) is 6.92 Å². The third-order valence-electron chi connectivity index (χ3n) is 5.41. The van der Waals surface area contributed by atoms with Gasteiger partial charge in [-0.05, 0) is 19.8 Å². The van der Waals surface area contributed by atoms with Crippen LogP contribution in [-0.2, 0) is 19.2 Å². The van der Waals surface area contributed by atoms with Crippen molar-refractivity contribution in [3.8, 4) is 0 Å². The fraction of sp³-hybridized carbons (Fsp3) is 0.826. The number of aliphatic carboxylic acids is 1.